The van der Waals surface area contributed by atoms with Crippen molar-refractivity contribution in [2.24, 2.45) is 0 Å². The van der Waals surface area contributed by atoms with Gasteiger partial charge in [0.15, 0.2) is 0 Å². The van der Waals surface area contributed by atoms with Crippen LogP contribution in [0, 0.1) is 10.1 Å². The van der Waals surface area contributed by atoms with E-state index in [0.717, 1.165) is 24.4 Å². The standard InChI is InChI=1S/C14H21N3O3S/c1-14(2,16-8-4-3-5-9-16)10-15-13(18)11-6-7-12(21-11)17(19)20/h6-7H,3-5,8-10H2,1-2H3,(H,15,18). The van der Waals surface area contributed by atoms with Gasteiger partial charge in [0.1, 0.15) is 0 Å². The van der Waals surface area contributed by atoms with Crippen LogP contribution >= 0.6 is 11.3 Å². The van der Waals surface area contributed by atoms with Gasteiger partial charge in [0.05, 0.1) is 9.80 Å². The second kappa shape index (κ2) is 6.53. The van der Waals surface area contributed by atoms with Gasteiger partial charge in [0.25, 0.3) is 5.91 Å². The molecule has 1 N–H and O–H groups in total. The maximum atomic E-state index is 12.1. The molecule has 6 nitrogen and oxygen atoms in total. The summed E-state index contributed by atoms with van der Waals surface area (Å²) in [6, 6.07) is 2.88. The van der Waals surface area contributed by atoms with Crippen LogP contribution in [0.4, 0.5) is 5.00 Å². The Kier molecular flexibility index (Phi) is 4.95. The van der Waals surface area contributed by atoms with Crippen molar-refractivity contribution in [2.75, 3.05) is 19.6 Å². The highest BCUT2D eigenvalue weighted by atomic mass is 32.1. The van der Waals surface area contributed by atoms with Crippen LogP contribution in [-0.2, 0) is 0 Å². The van der Waals surface area contributed by atoms with Crippen molar-refractivity contribution in [3.63, 3.8) is 0 Å². The van der Waals surface area contributed by atoms with Gasteiger partial charge in [-0.25, -0.2) is 0 Å². The molecule has 7 heteroatoms. The summed E-state index contributed by atoms with van der Waals surface area (Å²) >= 11 is 0.911. The molecule has 1 saturated heterocycles. The van der Waals surface area contributed by atoms with Crippen LogP contribution in [0.1, 0.15) is 42.8 Å². The lowest BCUT2D eigenvalue weighted by Crippen LogP contribution is -2.53. The molecule has 1 fully saturated rings. The van der Waals surface area contributed by atoms with Gasteiger partial charge in [-0.1, -0.05) is 17.8 Å². The van der Waals surface area contributed by atoms with Crippen molar-refractivity contribution in [2.45, 2.75) is 38.6 Å². The second-order valence-corrected chi connectivity index (χ2v) is 7.00. The van der Waals surface area contributed by atoms with Crippen LogP contribution in [0.3, 0.4) is 0 Å². The fraction of sp³-hybridized carbons (Fsp3) is 0.643. The quantitative estimate of drug-likeness (QED) is 0.670. The molecule has 0 saturated carbocycles. The van der Waals surface area contributed by atoms with Crippen LogP contribution in [0.5, 0.6) is 0 Å². The van der Waals surface area contributed by atoms with Crippen molar-refractivity contribution < 1.29 is 9.72 Å². The van der Waals surface area contributed by atoms with E-state index in [-0.39, 0.29) is 16.4 Å². The van der Waals surface area contributed by atoms with Gasteiger partial charge >= 0.3 is 5.00 Å². The van der Waals surface area contributed by atoms with E-state index in [4.69, 9.17) is 0 Å². The van der Waals surface area contributed by atoms with Gasteiger partial charge in [-0.3, -0.25) is 19.8 Å². The average Bonchev–Trinajstić information content (AvgIpc) is 2.96. The first kappa shape index (κ1) is 15.9. The Morgan fingerprint density at radius 3 is 2.62 bits per heavy atom. The third-order valence-electron chi connectivity index (χ3n) is 3.89. The van der Waals surface area contributed by atoms with Crippen LogP contribution in [0.25, 0.3) is 0 Å². The lowest BCUT2D eigenvalue weighted by Gasteiger charge is -2.41. The first-order valence-electron chi connectivity index (χ1n) is 7.17. The number of likely N-dealkylation sites (tertiary alicyclic amines) is 1. The van der Waals surface area contributed by atoms with E-state index in [0.29, 0.717) is 11.4 Å². The number of piperidine rings is 1. The van der Waals surface area contributed by atoms with E-state index < -0.39 is 4.92 Å². The number of carbonyl (C=O) groups is 1. The minimum Gasteiger partial charge on any atom is -0.349 e. The summed E-state index contributed by atoms with van der Waals surface area (Å²) in [6.45, 7) is 6.91. The molecule has 2 rings (SSSR count). The first-order valence-corrected chi connectivity index (χ1v) is 7.99. The predicted octanol–water partition coefficient (Wildman–Crippen LogP) is 2.65. The molecule has 1 amide bonds. The molecule has 0 atom stereocenters. The molecule has 21 heavy (non-hydrogen) atoms. The van der Waals surface area contributed by atoms with Crippen LogP contribution < -0.4 is 5.32 Å². The number of thiophene rings is 1. The van der Waals surface area contributed by atoms with Gasteiger partial charge in [0.2, 0.25) is 0 Å². The topological polar surface area (TPSA) is 75.5 Å². The lowest BCUT2D eigenvalue weighted by molar-refractivity contribution is -0.380. The molecule has 0 aliphatic carbocycles. The molecule has 1 aliphatic heterocycles. The molecular formula is C14H21N3O3S. The van der Waals surface area contributed by atoms with Gasteiger partial charge in [-0.15, -0.1) is 0 Å². The van der Waals surface area contributed by atoms with Crippen molar-refractivity contribution >= 4 is 22.2 Å². The molecule has 1 aromatic heterocycles. The SMILES string of the molecule is CC(C)(CNC(=O)c1ccc([N+](=O)[O-])s1)N1CCCCC1. The average molecular weight is 311 g/mol. The minimum atomic E-state index is -0.473. The number of nitrogens with zero attached hydrogens (tertiary/aromatic N) is 2. The molecule has 2 heterocycles. The number of nitrogens with one attached hydrogen (secondary N) is 1. The molecule has 0 bridgehead atoms. The van der Waals surface area contributed by atoms with Crippen molar-refractivity contribution in [3.05, 3.63) is 27.1 Å². The summed E-state index contributed by atoms with van der Waals surface area (Å²) in [5.74, 6) is -0.238. The summed E-state index contributed by atoms with van der Waals surface area (Å²) in [6.07, 6.45) is 3.68. The molecule has 1 aromatic rings. The van der Waals surface area contributed by atoms with Crippen LogP contribution in [0.15, 0.2) is 12.1 Å². The monoisotopic (exact) mass is 311 g/mol. The fourth-order valence-electron chi connectivity index (χ4n) is 2.54. The van der Waals surface area contributed by atoms with Gasteiger partial charge in [0, 0.05) is 18.2 Å². The predicted molar refractivity (Wildman–Crippen MR) is 82.8 cm³/mol. The third-order valence-corrected chi connectivity index (χ3v) is 4.92. The van der Waals surface area contributed by atoms with E-state index in [1.54, 1.807) is 0 Å². The Morgan fingerprint density at radius 2 is 2.05 bits per heavy atom. The normalized spacial score (nSPS) is 16.7. The number of rotatable bonds is 5. The van der Waals surface area contributed by atoms with E-state index in [2.05, 4.69) is 24.1 Å². The highest BCUT2D eigenvalue weighted by molar-refractivity contribution is 7.17. The zero-order chi connectivity index (χ0) is 15.5. The van der Waals surface area contributed by atoms with E-state index in [1.807, 2.05) is 0 Å². The molecule has 0 radical (unpaired) electrons. The Bertz CT molecular complexity index is 521. The fourth-order valence-corrected chi connectivity index (χ4v) is 3.28. The second-order valence-electron chi connectivity index (χ2n) is 5.94. The van der Waals surface area contributed by atoms with E-state index >= 15 is 0 Å². The van der Waals surface area contributed by atoms with Crippen LogP contribution in [0.2, 0.25) is 0 Å². The number of nitro groups is 1. The molecule has 0 aromatic carbocycles. The van der Waals surface area contributed by atoms with Crippen molar-refractivity contribution in [3.8, 4) is 0 Å². The Balaban J connectivity index is 1.91. The number of amides is 1. The lowest BCUT2D eigenvalue weighted by atomic mass is 9.98. The first-order chi connectivity index (χ1) is 9.90. The largest absolute Gasteiger partial charge is 0.349 e. The van der Waals surface area contributed by atoms with Gasteiger partial charge in [-0.05, 0) is 45.8 Å². The van der Waals surface area contributed by atoms with Crippen molar-refractivity contribution in [1.82, 2.24) is 10.2 Å². The van der Waals surface area contributed by atoms with Crippen LogP contribution in [-0.4, -0.2) is 40.9 Å². The molecule has 0 spiro atoms. The Hall–Kier alpha value is -1.47. The number of hydrogen-bond donors (Lipinski definition) is 1. The Labute approximate surface area is 128 Å². The zero-order valence-corrected chi connectivity index (χ0v) is 13.2. The summed E-state index contributed by atoms with van der Waals surface area (Å²) in [5.41, 5.74) is -0.0979. The maximum Gasteiger partial charge on any atom is 0.324 e. The Morgan fingerprint density at radius 1 is 1.38 bits per heavy atom. The van der Waals surface area contributed by atoms with E-state index in [1.165, 1.54) is 31.4 Å². The molecule has 0 unspecified atom stereocenters. The van der Waals surface area contributed by atoms with Gasteiger partial charge in [-0.2, -0.15) is 0 Å². The number of hydrogen-bond acceptors (Lipinski definition) is 5. The maximum absolute atomic E-state index is 12.1. The summed E-state index contributed by atoms with van der Waals surface area (Å²) in [7, 11) is 0. The zero-order valence-electron chi connectivity index (χ0n) is 12.4. The van der Waals surface area contributed by atoms with Crippen molar-refractivity contribution in [1.29, 1.82) is 0 Å². The highest BCUT2D eigenvalue weighted by Gasteiger charge is 2.28. The molecular weight excluding hydrogens is 290 g/mol. The summed E-state index contributed by atoms with van der Waals surface area (Å²) in [5, 5.41) is 13.5. The van der Waals surface area contributed by atoms with E-state index in [9.17, 15) is 14.9 Å². The minimum absolute atomic E-state index is 0.00422. The summed E-state index contributed by atoms with van der Waals surface area (Å²) < 4.78 is 0. The molecule has 116 valence electrons. The number of carbonyl (C=O) groups excluding carboxylic acids is 1. The smallest absolute Gasteiger partial charge is 0.324 e. The highest BCUT2D eigenvalue weighted by Crippen LogP contribution is 2.24. The van der Waals surface area contributed by atoms with Gasteiger partial charge < -0.3 is 5.32 Å². The summed E-state index contributed by atoms with van der Waals surface area (Å²) in [4.78, 5) is 25.0. The third kappa shape index (κ3) is 4.01. The molecule has 1 aliphatic rings.